The van der Waals surface area contributed by atoms with Crippen molar-refractivity contribution in [3.8, 4) is 22.6 Å². The van der Waals surface area contributed by atoms with Crippen LogP contribution >= 0.6 is 0 Å². The van der Waals surface area contributed by atoms with Gasteiger partial charge in [-0.3, -0.25) is 14.4 Å². The molecule has 0 radical (unpaired) electrons. The number of fused-ring (bicyclic) bond motifs is 1. The number of esters is 2. The zero-order valence-electron chi connectivity index (χ0n) is 30.5. The van der Waals surface area contributed by atoms with Crippen LogP contribution in [0.1, 0.15) is 168 Å². The molecule has 6 heteroatoms. The van der Waals surface area contributed by atoms with Gasteiger partial charge in [-0.25, -0.2) is 0 Å². The van der Waals surface area contributed by atoms with Gasteiger partial charge >= 0.3 is 11.9 Å². The quantitative estimate of drug-likeness (QED) is 0.0454. The Morgan fingerprint density at radius 2 is 0.939 bits per heavy atom. The first-order valence-corrected chi connectivity index (χ1v) is 19.6. The highest BCUT2D eigenvalue weighted by molar-refractivity contribution is 5.83. The maximum Gasteiger partial charge on any atom is 0.311 e. The fourth-order valence-corrected chi connectivity index (χ4v) is 6.31. The number of hydrogen-bond donors (Lipinski definition) is 0. The van der Waals surface area contributed by atoms with Gasteiger partial charge in [0.15, 0.2) is 5.43 Å². The third-order valence-electron chi connectivity index (χ3n) is 9.34. The molecule has 0 bridgehead atoms. The summed E-state index contributed by atoms with van der Waals surface area (Å²) in [7, 11) is 0. The van der Waals surface area contributed by atoms with Gasteiger partial charge in [0, 0.05) is 18.9 Å². The second kappa shape index (κ2) is 24.7. The van der Waals surface area contributed by atoms with Crippen LogP contribution in [-0.4, -0.2) is 11.9 Å². The summed E-state index contributed by atoms with van der Waals surface area (Å²) in [6.07, 6.45) is 29.3. The van der Waals surface area contributed by atoms with Crippen molar-refractivity contribution in [3.63, 3.8) is 0 Å². The molecule has 3 rings (SSSR count). The van der Waals surface area contributed by atoms with Gasteiger partial charge in [-0.2, -0.15) is 0 Å². The van der Waals surface area contributed by atoms with E-state index in [4.69, 9.17) is 13.9 Å². The summed E-state index contributed by atoms with van der Waals surface area (Å²) in [6, 6.07) is 11.8. The predicted molar refractivity (Wildman–Crippen MR) is 201 cm³/mol. The molecule has 2 aromatic carbocycles. The second-order valence-corrected chi connectivity index (χ2v) is 13.7. The maximum atomic E-state index is 13.3. The number of unbranched alkanes of at least 4 members (excludes halogenated alkanes) is 20. The van der Waals surface area contributed by atoms with Crippen LogP contribution in [-0.2, 0) is 9.59 Å². The van der Waals surface area contributed by atoms with E-state index in [2.05, 4.69) is 13.8 Å². The Labute approximate surface area is 295 Å². The normalized spacial score (nSPS) is 11.2. The minimum absolute atomic E-state index is 0.179. The lowest BCUT2D eigenvalue weighted by atomic mass is 10.1. The molecule has 0 atom stereocenters. The van der Waals surface area contributed by atoms with E-state index in [0.29, 0.717) is 46.4 Å². The zero-order valence-corrected chi connectivity index (χ0v) is 30.5. The van der Waals surface area contributed by atoms with Crippen LogP contribution in [0.3, 0.4) is 0 Å². The number of rotatable bonds is 27. The fourth-order valence-electron chi connectivity index (χ4n) is 6.31. The lowest BCUT2D eigenvalue weighted by Crippen LogP contribution is -2.09. The topological polar surface area (TPSA) is 82.8 Å². The summed E-state index contributed by atoms with van der Waals surface area (Å²) in [6.45, 7) is 4.49. The van der Waals surface area contributed by atoms with E-state index in [1.54, 1.807) is 42.5 Å². The van der Waals surface area contributed by atoms with Crippen LogP contribution in [0.2, 0.25) is 0 Å². The van der Waals surface area contributed by atoms with E-state index in [9.17, 15) is 14.4 Å². The highest BCUT2D eigenvalue weighted by Gasteiger charge is 2.13. The molecule has 1 aromatic heterocycles. The minimum atomic E-state index is -0.270. The molecule has 1 heterocycles. The lowest BCUT2D eigenvalue weighted by molar-refractivity contribution is -0.135. The highest BCUT2D eigenvalue weighted by Crippen LogP contribution is 2.25. The number of hydrogen-bond acceptors (Lipinski definition) is 6. The molecule has 49 heavy (non-hydrogen) atoms. The second-order valence-electron chi connectivity index (χ2n) is 13.7. The van der Waals surface area contributed by atoms with Crippen LogP contribution in [0.15, 0.2) is 57.9 Å². The fraction of sp³-hybridized carbons (Fsp3) is 0.605. The summed E-state index contributed by atoms with van der Waals surface area (Å²) in [5.41, 5.74) is 1.26. The van der Waals surface area contributed by atoms with Crippen LogP contribution in [0, 0.1) is 0 Å². The van der Waals surface area contributed by atoms with Crippen LogP contribution in [0.5, 0.6) is 11.5 Å². The van der Waals surface area contributed by atoms with Crippen molar-refractivity contribution in [2.24, 2.45) is 0 Å². The standard InChI is InChI=1S/C43H62O6/c1-3-5-7-9-11-13-15-17-19-21-23-25-41(44)48-36-29-27-35(28-30-36)39-34-47-40-33-37(31-32-38(40)43(39)46)49-42(45)26-24-22-20-18-16-14-12-10-8-6-4-2/h27-34H,3-26H2,1-2H3. The molecule has 0 N–H and O–H groups in total. The smallest absolute Gasteiger partial charge is 0.311 e. The van der Waals surface area contributed by atoms with Crippen molar-refractivity contribution >= 4 is 22.9 Å². The van der Waals surface area contributed by atoms with Gasteiger partial charge in [-0.1, -0.05) is 154 Å². The number of carbonyl (C=O) groups excluding carboxylic acids is 2. The Bertz CT molecular complexity index is 1410. The molecule has 0 aliphatic carbocycles. The van der Waals surface area contributed by atoms with E-state index in [-0.39, 0.29) is 17.4 Å². The summed E-state index contributed by atoms with van der Waals surface area (Å²) in [5.74, 6) is 0.329. The molecule has 0 spiro atoms. The molecular formula is C43H62O6. The first-order chi connectivity index (χ1) is 24.0. The van der Waals surface area contributed by atoms with Crippen molar-refractivity contribution < 1.29 is 23.5 Å². The van der Waals surface area contributed by atoms with E-state index in [0.717, 1.165) is 38.5 Å². The average Bonchev–Trinajstić information content (AvgIpc) is 3.10. The van der Waals surface area contributed by atoms with Gasteiger partial charge in [-0.15, -0.1) is 0 Å². The monoisotopic (exact) mass is 674 g/mol. The Morgan fingerprint density at radius 3 is 1.41 bits per heavy atom. The van der Waals surface area contributed by atoms with Crippen molar-refractivity contribution in [2.45, 2.75) is 168 Å². The molecule has 0 saturated carbocycles. The first kappa shape index (κ1) is 40.0. The Balaban J connectivity index is 1.35. The van der Waals surface area contributed by atoms with Gasteiger partial charge in [0.1, 0.15) is 23.3 Å². The van der Waals surface area contributed by atoms with Crippen molar-refractivity contribution in [2.75, 3.05) is 0 Å². The summed E-state index contributed by atoms with van der Waals surface area (Å²) < 4.78 is 16.9. The zero-order chi connectivity index (χ0) is 34.9. The van der Waals surface area contributed by atoms with Gasteiger partial charge in [0.25, 0.3) is 0 Å². The summed E-state index contributed by atoms with van der Waals surface area (Å²) >= 11 is 0. The van der Waals surface area contributed by atoms with Crippen LogP contribution < -0.4 is 14.9 Å². The number of benzene rings is 2. The Morgan fingerprint density at radius 1 is 0.531 bits per heavy atom. The first-order valence-electron chi connectivity index (χ1n) is 19.6. The van der Waals surface area contributed by atoms with Crippen LogP contribution in [0.4, 0.5) is 0 Å². The SMILES string of the molecule is CCCCCCCCCCCCCC(=O)Oc1ccc(-c2coc3cc(OC(=O)CCCCCCCCCCCCC)ccc3c2=O)cc1. The lowest BCUT2D eigenvalue weighted by Gasteiger charge is -2.08. The molecule has 0 saturated heterocycles. The number of carbonyl (C=O) groups is 2. The molecular weight excluding hydrogens is 612 g/mol. The molecule has 3 aromatic rings. The van der Waals surface area contributed by atoms with Crippen molar-refractivity contribution in [1.29, 1.82) is 0 Å². The molecule has 270 valence electrons. The largest absolute Gasteiger partial charge is 0.463 e. The van der Waals surface area contributed by atoms with Crippen LogP contribution in [0.25, 0.3) is 22.1 Å². The Hall–Kier alpha value is -3.41. The number of ether oxygens (including phenoxy) is 2. The van der Waals surface area contributed by atoms with Gasteiger partial charge in [0.2, 0.25) is 0 Å². The van der Waals surface area contributed by atoms with E-state index < -0.39 is 0 Å². The van der Waals surface area contributed by atoms with Gasteiger partial charge < -0.3 is 13.9 Å². The maximum absolute atomic E-state index is 13.3. The highest BCUT2D eigenvalue weighted by atomic mass is 16.5. The van der Waals surface area contributed by atoms with E-state index in [1.165, 1.54) is 109 Å². The van der Waals surface area contributed by atoms with Gasteiger partial charge in [-0.05, 0) is 42.7 Å². The summed E-state index contributed by atoms with van der Waals surface area (Å²) in [4.78, 5) is 38.0. The average molecular weight is 675 g/mol. The summed E-state index contributed by atoms with van der Waals surface area (Å²) in [5, 5.41) is 0.408. The van der Waals surface area contributed by atoms with Crippen molar-refractivity contribution in [1.82, 2.24) is 0 Å². The van der Waals surface area contributed by atoms with Crippen molar-refractivity contribution in [3.05, 3.63) is 59.0 Å². The molecule has 0 fully saturated rings. The van der Waals surface area contributed by atoms with E-state index >= 15 is 0 Å². The third-order valence-corrected chi connectivity index (χ3v) is 9.34. The molecule has 0 unspecified atom stereocenters. The molecule has 0 aliphatic heterocycles. The third kappa shape index (κ3) is 16.2. The van der Waals surface area contributed by atoms with E-state index in [1.807, 2.05) is 0 Å². The molecule has 0 aliphatic rings. The minimum Gasteiger partial charge on any atom is -0.463 e. The Kier molecular flexibility index (Phi) is 20.2. The van der Waals surface area contributed by atoms with Gasteiger partial charge in [0.05, 0.1) is 10.9 Å². The predicted octanol–water partition coefficient (Wildman–Crippen LogP) is 12.7. The molecule has 6 nitrogen and oxygen atoms in total. The molecule has 0 amide bonds.